The number of carbonyl (C=O) groups excluding carboxylic acids is 2. The van der Waals surface area contributed by atoms with Crippen molar-refractivity contribution < 1.29 is 19.4 Å². The molecule has 1 aliphatic carbocycles. The first kappa shape index (κ1) is 17.0. The van der Waals surface area contributed by atoms with Crippen molar-refractivity contribution in [3.05, 3.63) is 29.8 Å². The zero-order valence-corrected chi connectivity index (χ0v) is 14.2. The molecule has 5 nitrogen and oxygen atoms in total. The van der Waals surface area contributed by atoms with Gasteiger partial charge in [-0.3, -0.25) is 14.5 Å². The summed E-state index contributed by atoms with van der Waals surface area (Å²) in [7, 11) is 0. The minimum atomic E-state index is -0.877. The number of hydrogen-bond acceptors (Lipinski definition) is 4. The van der Waals surface area contributed by atoms with Crippen LogP contribution in [-0.4, -0.2) is 41.1 Å². The summed E-state index contributed by atoms with van der Waals surface area (Å²) in [5, 5.41) is 10.2. The molecule has 130 valence electrons. The summed E-state index contributed by atoms with van der Waals surface area (Å²) < 4.78 is 5.54. The first-order valence-electron chi connectivity index (χ1n) is 8.72. The zero-order chi connectivity index (χ0) is 17.2. The van der Waals surface area contributed by atoms with Crippen LogP contribution in [0.15, 0.2) is 24.3 Å². The van der Waals surface area contributed by atoms with Gasteiger partial charge in [0.15, 0.2) is 0 Å². The maximum atomic E-state index is 12.7. The molecule has 3 rings (SSSR count). The predicted octanol–water partition coefficient (Wildman–Crippen LogP) is 2.44. The summed E-state index contributed by atoms with van der Waals surface area (Å²) >= 11 is 0. The van der Waals surface area contributed by atoms with Gasteiger partial charge in [0.05, 0.1) is 12.0 Å². The molecule has 2 aliphatic rings. The van der Waals surface area contributed by atoms with Gasteiger partial charge in [-0.05, 0) is 31.9 Å². The van der Waals surface area contributed by atoms with E-state index >= 15 is 0 Å². The van der Waals surface area contributed by atoms with E-state index in [0.717, 1.165) is 37.7 Å². The molecule has 1 aromatic rings. The molecule has 1 spiro atoms. The third-order valence-corrected chi connectivity index (χ3v) is 5.16. The zero-order valence-electron chi connectivity index (χ0n) is 14.2. The molecule has 2 fully saturated rings. The van der Waals surface area contributed by atoms with E-state index in [1.807, 2.05) is 31.2 Å². The van der Waals surface area contributed by atoms with Crippen LogP contribution in [0.5, 0.6) is 5.75 Å². The van der Waals surface area contributed by atoms with E-state index in [-0.39, 0.29) is 25.0 Å². The van der Waals surface area contributed by atoms with E-state index in [1.54, 1.807) is 0 Å². The van der Waals surface area contributed by atoms with Crippen LogP contribution in [0.4, 0.5) is 0 Å². The SMILES string of the molecule is Cc1ccc(OC[C@@H](O)CN2C(=O)CC3(CCCCC3)C2=O)cc1. The van der Waals surface area contributed by atoms with Crippen LogP contribution >= 0.6 is 0 Å². The third-order valence-electron chi connectivity index (χ3n) is 5.16. The van der Waals surface area contributed by atoms with Crippen molar-refractivity contribution in [3.8, 4) is 5.75 Å². The smallest absolute Gasteiger partial charge is 0.235 e. The predicted molar refractivity (Wildman–Crippen MR) is 89.5 cm³/mol. The van der Waals surface area contributed by atoms with Crippen LogP contribution < -0.4 is 4.74 Å². The number of β-amino-alcohol motifs (C(OH)–C–C–N with tert-alkyl or cyclic N) is 1. The van der Waals surface area contributed by atoms with Gasteiger partial charge in [-0.1, -0.05) is 37.0 Å². The summed E-state index contributed by atoms with van der Waals surface area (Å²) in [6.45, 7) is 2.07. The number of carbonyl (C=O) groups is 2. The number of amides is 2. The number of likely N-dealkylation sites (tertiary alicyclic amines) is 1. The standard InChI is InChI=1S/C19H25NO4/c1-14-5-7-16(8-6-14)24-13-15(21)12-20-17(22)11-19(18(20)23)9-3-2-4-10-19/h5-8,15,21H,2-4,9-13H2,1H3/t15-/m0/s1. The molecule has 5 heteroatoms. The second-order valence-corrected chi connectivity index (χ2v) is 7.11. The fourth-order valence-corrected chi connectivity index (χ4v) is 3.75. The molecule has 0 aromatic heterocycles. The van der Waals surface area contributed by atoms with Crippen LogP contribution in [-0.2, 0) is 9.59 Å². The highest BCUT2D eigenvalue weighted by Crippen LogP contribution is 2.45. The molecule has 24 heavy (non-hydrogen) atoms. The second kappa shape index (κ2) is 6.93. The Morgan fingerprint density at radius 1 is 1.17 bits per heavy atom. The second-order valence-electron chi connectivity index (χ2n) is 7.11. The molecule has 1 N–H and O–H groups in total. The lowest BCUT2D eigenvalue weighted by Crippen LogP contribution is -2.42. The van der Waals surface area contributed by atoms with E-state index in [2.05, 4.69) is 0 Å². The number of aliphatic hydroxyl groups excluding tert-OH is 1. The highest BCUT2D eigenvalue weighted by Gasteiger charge is 2.51. The summed E-state index contributed by atoms with van der Waals surface area (Å²) in [6, 6.07) is 7.54. The van der Waals surface area contributed by atoms with Crippen molar-refractivity contribution in [2.45, 2.75) is 51.6 Å². The Morgan fingerprint density at radius 3 is 2.50 bits per heavy atom. The van der Waals surface area contributed by atoms with Gasteiger partial charge in [0.2, 0.25) is 11.8 Å². The van der Waals surface area contributed by atoms with Crippen molar-refractivity contribution >= 4 is 11.8 Å². The van der Waals surface area contributed by atoms with Gasteiger partial charge in [-0.15, -0.1) is 0 Å². The minimum absolute atomic E-state index is 0.0191. The number of imide groups is 1. The van der Waals surface area contributed by atoms with Crippen LogP contribution in [0, 0.1) is 12.3 Å². The maximum absolute atomic E-state index is 12.7. The van der Waals surface area contributed by atoms with Gasteiger partial charge in [0.25, 0.3) is 0 Å². The fourth-order valence-electron chi connectivity index (χ4n) is 3.75. The van der Waals surface area contributed by atoms with Crippen molar-refractivity contribution in [1.82, 2.24) is 4.90 Å². The Kier molecular flexibility index (Phi) is 4.90. The number of aliphatic hydroxyl groups is 1. The highest BCUT2D eigenvalue weighted by molar-refractivity contribution is 6.05. The van der Waals surface area contributed by atoms with E-state index < -0.39 is 11.5 Å². The molecule has 1 saturated heterocycles. The molecule has 1 aliphatic heterocycles. The molecule has 2 amide bonds. The molecular weight excluding hydrogens is 306 g/mol. The molecule has 1 atom stereocenters. The Balaban J connectivity index is 1.55. The molecule has 1 aromatic carbocycles. The summed E-state index contributed by atoms with van der Waals surface area (Å²) in [5.74, 6) is 0.417. The first-order chi connectivity index (χ1) is 11.5. The lowest BCUT2D eigenvalue weighted by atomic mass is 9.73. The van der Waals surface area contributed by atoms with E-state index in [1.165, 1.54) is 4.90 Å². The lowest BCUT2D eigenvalue weighted by Gasteiger charge is -2.30. The molecule has 0 radical (unpaired) electrons. The Bertz CT molecular complexity index is 604. The molecule has 0 bridgehead atoms. The Hall–Kier alpha value is -1.88. The van der Waals surface area contributed by atoms with Gasteiger partial charge >= 0.3 is 0 Å². The van der Waals surface area contributed by atoms with Gasteiger partial charge in [-0.25, -0.2) is 0 Å². The molecular formula is C19H25NO4. The molecule has 1 saturated carbocycles. The summed E-state index contributed by atoms with van der Waals surface area (Å²) in [4.78, 5) is 26.2. The van der Waals surface area contributed by atoms with Gasteiger partial charge < -0.3 is 9.84 Å². The van der Waals surface area contributed by atoms with Crippen molar-refractivity contribution in [3.63, 3.8) is 0 Å². The van der Waals surface area contributed by atoms with Crippen molar-refractivity contribution in [2.75, 3.05) is 13.2 Å². The highest BCUT2D eigenvalue weighted by atomic mass is 16.5. The summed E-state index contributed by atoms with van der Waals surface area (Å²) in [5.41, 5.74) is 0.640. The topological polar surface area (TPSA) is 66.8 Å². The van der Waals surface area contributed by atoms with Gasteiger partial charge in [-0.2, -0.15) is 0 Å². The monoisotopic (exact) mass is 331 g/mol. The van der Waals surface area contributed by atoms with Gasteiger partial charge in [0, 0.05) is 6.42 Å². The third kappa shape index (κ3) is 3.46. The maximum Gasteiger partial charge on any atom is 0.235 e. The van der Waals surface area contributed by atoms with E-state index in [9.17, 15) is 14.7 Å². The van der Waals surface area contributed by atoms with Crippen molar-refractivity contribution in [1.29, 1.82) is 0 Å². The number of hydrogen-bond donors (Lipinski definition) is 1. The van der Waals surface area contributed by atoms with Crippen molar-refractivity contribution in [2.24, 2.45) is 5.41 Å². The lowest BCUT2D eigenvalue weighted by molar-refractivity contribution is -0.144. The van der Waals surface area contributed by atoms with Crippen LogP contribution in [0.2, 0.25) is 0 Å². The summed E-state index contributed by atoms with van der Waals surface area (Å²) in [6.07, 6.45) is 4.16. The minimum Gasteiger partial charge on any atom is -0.491 e. The number of benzene rings is 1. The van der Waals surface area contributed by atoms with Crippen LogP contribution in [0.3, 0.4) is 0 Å². The average molecular weight is 331 g/mol. The molecule has 0 unspecified atom stereocenters. The Labute approximate surface area is 142 Å². The number of aryl methyl sites for hydroxylation is 1. The fraction of sp³-hybridized carbons (Fsp3) is 0.579. The largest absolute Gasteiger partial charge is 0.491 e. The van der Waals surface area contributed by atoms with Crippen LogP contribution in [0.1, 0.15) is 44.1 Å². The quantitative estimate of drug-likeness (QED) is 0.842. The van der Waals surface area contributed by atoms with E-state index in [4.69, 9.17) is 4.74 Å². The average Bonchev–Trinajstić information content (AvgIpc) is 2.79. The number of ether oxygens (including phenoxy) is 1. The normalized spacial score (nSPS) is 21.3. The number of rotatable bonds is 5. The van der Waals surface area contributed by atoms with E-state index in [0.29, 0.717) is 12.2 Å². The number of nitrogens with zero attached hydrogens (tertiary/aromatic N) is 1. The molecule has 1 heterocycles. The van der Waals surface area contributed by atoms with Gasteiger partial charge in [0.1, 0.15) is 18.5 Å². The first-order valence-corrected chi connectivity index (χ1v) is 8.72. The Morgan fingerprint density at radius 2 is 1.83 bits per heavy atom. The van der Waals surface area contributed by atoms with Crippen LogP contribution in [0.25, 0.3) is 0 Å².